The van der Waals surface area contributed by atoms with E-state index in [0.717, 1.165) is 10.5 Å². The van der Waals surface area contributed by atoms with Gasteiger partial charge < -0.3 is 10.5 Å². The third-order valence-corrected chi connectivity index (χ3v) is 3.99. The van der Waals surface area contributed by atoms with Gasteiger partial charge in [0.25, 0.3) is 0 Å². The summed E-state index contributed by atoms with van der Waals surface area (Å²) in [5.41, 5.74) is 7.33. The van der Waals surface area contributed by atoms with E-state index in [9.17, 15) is 4.21 Å². The van der Waals surface area contributed by atoms with Gasteiger partial charge in [-0.2, -0.15) is 0 Å². The molecule has 2 aromatic rings. The summed E-state index contributed by atoms with van der Waals surface area (Å²) in [6.45, 7) is 0. The summed E-state index contributed by atoms with van der Waals surface area (Å²) < 4.78 is 17.2. The SMILES string of the molecule is COc1ccc(CS(=O)c2ccccc2)cc1N. The molecule has 4 heteroatoms. The van der Waals surface area contributed by atoms with Gasteiger partial charge in [-0.25, -0.2) is 0 Å². The number of hydrogen-bond donors (Lipinski definition) is 1. The minimum Gasteiger partial charge on any atom is -0.495 e. The summed E-state index contributed by atoms with van der Waals surface area (Å²) in [6.07, 6.45) is 0. The van der Waals surface area contributed by atoms with Crippen molar-refractivity contribution in [3.63, 3.8) is 0 Å². The maximum atomic E-state index is 12.1. The summed E-state index contributed by atoms with van der Waals surface area (Å²) in [5.74, 6) is 1.10. The first-order chi connectivity index (χ1) is 8.70. The van der Waals surface area contributed by atoms with E-state index >= 15 is 0 Å². The van der Waals surface area contributed by atoms with E-state index in [2.05, 4.69) is 0 Å². The zero-order chi connectivity index (χ0) is 13.0. The Balaban J connectivity index is 2.15. The van der Waals surface area contributed by atoms with Gasteiger partial charge in [0.15, 0.2) is 0 Å². The molecule has 2 N–H and O–H groups in total. The van der Waals surface area contributed by atoms with Crippen molar-refractivity contribution in [2.24, 2.45) is 0 Å². The first kappa shape index (κ1) is 12.6. The van der Waals surface area contributed by atoms with Gasteiger partial charge >= 0.3 is 0 Å². The molecule has 0 radical (unpaired) electrons. The first-order valence-corrected chi connectivity index (χ1v) is 6.88. The number of nitrogens with two attached hydrogens (primary N) is 1. The number of benzene rings is 2. The molecular weight excluding hydrogens is 246 g/mol. The van der Waals surface area contributed by atoms with Crippen LogP contribution in [-0.4, -0.2) is 11.3 Å². The Morgan fingerprint density at radius 3 is 2.50 bits per heavy atom. The Morgan fingerprint density at radius 2 is 1.89 bits per heavy atom. The van der Waals surface area contributed by atoms with Gasteiger partial charge in [-0.05, 0) is 29.8 Å². The van der Waals surface area contributed by atoms with Gasteiger partial charge in [0.05, 0.1) is 29.3 Å². The summed E-state index contributed by atoms with van der Waals surface area (Å²) in [4.78, 5) is 0.826. The molecular formula is C14H15NO2S. The molecule has 1 atom stereocenters. The van der Waals surface area contributed by atoms with E-state index in [4.69, 9.17) is 10.5 Å². The molecule has 0 bridgehead atoms. The van der Waals surface area contributed by atoms with Gasteiger partial charge in [0.1, 0.15) is 5.75 Å². The Morgan fingerprint density at radius 1 is 1.17 bits per heavy atom. The normalized spacial score (nSPS) is 12.1. The largest absolute Gasteiger partial charge is 0.495 e. The number of ether oxygens (including phenoxy) is 1. The lowest BCUT2D eigenvalue weighted by Crippen LogP contribution is -1.98. The average molecular weight is 261 g/mol. The van der Waals surface area contributed by atoms with E-state index in [-0.39, 0.29) is 0 Å². The highest BCUT2D eigenvalue weighted by Gasteiger charge is 2.06. The summed E-state index contributed by atoms with van der Waals surface area (Å²) in [7, 11) is 0.529. The van der Waals surface area contributed by atoms with E-state index in [1.165, 1.54) is 0 Å². The Hall–Kier alpha value is -1.81. The maximum absolute atomic E-state index is 12.1. The summed E-state index contributed by atoms with van der Waals surface area (Å²) in [6, 6.07) is 14.9. The van der Waals surface area contributed by atoms with Gasteiger partial charge in [-0.1, -0.05) is 24.3 Å². The van der Waals surface area contributed by atoms with Crippen molar-refractivity contribution in [3.05, 3.63) is 54.1 Å². The molecule has 1 unspecified atom stereocenters. The molecule has 0 amide bonds. The third-order valence-electron chi connectivity index (χ3n) is 2.60. The van der Waals surface area contributed by atoms with Crippen molar-refractivity contribution in [3.8, 4) is 5.75 Å². The van der Waals surface area contributed by atoms with Crippen molar-refractivity contribution in [1.29, 1.82) is 0 Å². The van der Waals surface area contributed by atoms with Gasteiger partial charge in [-0.3, -0.25) is 4.21 Å². The van der Waals surface area contributed by atoms with Crippen LogP contribution < -0.4 is 10.5 Å². The zero-order valence-electron chi connectivity index (χ0n) is 10.1. The van der Waals surface area contributed by atoms with Crippen molar-refractivity contribution in [2.75, 3.05) is 12.8 Å². The van der Waals surface area contributed by atoms with Crippen LogP contribution in [0.25, 0.3) is 0 Å². The second-order valence-corrected chi connectivity index (χ2v) is 5.33. The van der Waals surface area contributed by atoms with Crippen LogP contribution in [0, 0.1) is 0 Å². The fourth-order valence-electron chi connectivity index (χ4n) is 1.68. The second kappa shape index (κ2) is 5.69. The van der Waals surface area contributed by atoms with Gasteiger partial charge in [0, 0.05) is 4.90 Å². The monoisotopic (exact) mass is 261 g/mol. The number of methoxy groups -OCH3 is 1. The van der Waals surface area contributed by atoms with E-state index in [0.29, 0.717) is 17.2 Å². The highest BCUT2D eigenvalue weighted by atomic mass is 32.2. The molecule has 0 heterocycles. The van der Waals surface area contributed by atoms with Crippen LogP contribution in [-0.2, 0) is 16.6 Å². The first-order valence-electron chi connectivity index (χ1n) is 5.56. The third kappa shape index (κ3) is 2.90. The number of nitrogen functional groups attached to an aromatic ring is 1. The van der Waals surface area contributed by atoms with E-state index < -0.39 is 10.8 Å². The molecule has 0 aromatic heterocycles. The number of hydrogen-bond acceptors (Lipinski definition) is 3. The van der Waals surface area contributed by atoms with Crippen molar-refractivity contribution in [2.45, 2.75) is 10.6 Å². The molecule has 0 aliphatic rings. The smallest absolute Gasteiger partial charge is 0.141 e. The second-order valence-electron chi connectivity index (χ2n) is 3.88. The minimum atomic E-state index is -1.05. The molecule has 0 aliphatic heterocycles. The van der Waals surface area contributed by atoms with Crippen molar-refractivity contribution >= 4 is 16.5 Å². The highest BCUT2D eigenvalue weighted by Crippen LogP contribution is 2.23. The molecule has 94 valence electrons. The molecule has 0 spiro atoms. The van der Waals surface area contributed by atoms with Gasteiger partial charge in [0.2, 0.25) is 0 Å². The molecule has 0 saturated heterocycles. The summed E-state index contributed by atoms with van der Waals surface area (Å²) >= 11 is 0. The maximum Gasteiger partial charge on any atom is 0.141 e. The molecule has 0 fully saturated rings. The molecule has 3 nitrogen and oxygen atoms in total. The average Bonchev–Trinajstić information content (AvgIpc) is 2.40. The fraction of sp³-hybridized carbons (Fsp3) is 0.143. The standard InChI is InChI=1S/C14H15NO2S/c1-17-14-8-7-11(9-13(14)15)10-18(16)12-5-3-2-4-6-12/h2-9H,10,15H2,1H3. The fourth-order valence-corrected chi connectivity index (χ4v) is 2.79. The Bertz CT molecular complexity index is 555. The summed E-state index contributed by atoms with van der Waals surface area (Å²) in [5, 5.41) is 0. The van der Waals surface area contributed by atoms with E-state index in [1.54, 1.807) is 19.2 Å². The quantitative estimate of drug-likeness (QED) is 0.861. The molecule has 0 saturated carbocycles. The lowest BCUT2D eigenvalue weighted by molar-refractivity contribution is 0.417. The van der Waals surface area contributed by atoms with Crippen molar-refractivity contribution in [1.82, 2.24) is 0 Å². The number of rotatable bonds is 4. The van der Waals surface area contributed by atoms with Crippen LogP contribution in [0.15, 0.2) is 53.4 Å². The number of anilines is 1. The predicted molar refractivity (Wildman–Crippen MR) is 74.0 cm³/mol. The van der Waals surface area contributed by atoms with Crippen LogP contribution in [0.4, 0.5) is 5.69 Å². The van der Waals surface area contributed by atoms with Crippen LogP contribution >= 0.6 is 0 Å². The zero-order valence-corrected chi connectivity index (χ0v) is 10.9. The minimum absolute atomic E-state index is 0.457. The molecule has 2 rings (SSSR count). The van der Waals surface area contributed by atoms with Crippen LogP contribution in [0.2, 0.25) is 0 Å². The van der Waals surface area contributed by atoms with Crippen LogP contribution in [0.3, 0.4) is 0 Å². The topological polar surface area (TPSA) is 52.3 Å². The predicted octanol–water partition coefficient (Wildman–Crippen LogP) is 2.59. The molecule has 2 aromatic carbocycles. The molecule has 0 aliphatic carbocycles. The van der Waals surface area contributed by atoms with Crippen LogP contribution in [0.5, 0.6) is 5.75 Å². The Labute approximate surface area is 109 Å². The lowest BCUT2D eigenvalue weighted by Gasteiger charge is -2.07. The molecule has 18 heavy (non-hydrogen) atoms. The van der Waals surface area contributed by atoms with Crippen LogP contribution in [0.1, 0.15) is 5.56 Å². The lowest BCUT2D eigenvalue weighted by atomic mass is 10.2. The van der Waals surface area contributed by atoms with Gasteiger partial charge in [-0.15, -0.1) is 0 Å². The van der Waals surface area contributed by atoms with E-state index in [1.807, 2.05) is 36.4 Å². The van der Waals surface area contributed by atoms with Crippen molar-refractivity contribution < 1.29 is 8.95 Å². The highest BCUT2D eigenvalue weighted by molar-refractivity contribution is 7.84. The Kier molecular flexibility index (Phi) is 3.99.